The predicted octanol–water partition coefficient (Wildman–Crippen LogP) is 4.18. The molecule has 0 spiro atoms. The maximum absolute atomic E-state index is 14.1. The summed E-state index contributed by atoms with van der Waals surface area (Å²) in [5.41, 5.74) is 1.26. The molecule has 0 unspecified atom stereocenters. The smallest absolute Gasteiger partial charge is 0.314 e. The van der Waals surface area contributed by atoms with Crippen LogP contribution >= 0.6 is 11.6 Å². The van der Waals surface area contributed by atoms with Crippen molar-refractivity contribution in [3.63, 3.8) is 0 Å². The van der Waals surface area contributed by atoms with Crippen LogP contribution in [0.4, 0.5) is 19.3 Å². The lowest BCUT2D eigenvalue weighted by molar-refractivity contribution is 0.178. The van der Waals surface area contributed by atoms with Gasteiger partial charge in [0.15, 0.2) is 0 Å². The van der Waals surface area contributed by atoms with Gasteiger partial charge in [-0.05, 0) is 43.0 Å². The number of carbonyl (C=O) groups excluding carboxylic acids is 1. The molecule has 2 bridgehead atoms. The maximum Gasteiger partial charge on any atom is 0.322 e. The van der Waals surface area contributed by atoms with Crippen molar-refractivity contribution < 1.29 is 13.6 Å². The van der Waals surface area contributed by atoms with E-state index in [2.05, 4.69) is 10.3 Å². The molecular weight excluding hydrogens is 362 g/mol. The van der Waals surface area contributed by atoms with Gasteiger partial charge in [0.25, 0.3) is 0 Å². The number of nitriles is 1. The molecule has 1 fully saturated rings. The summed E-state index contributed by atoms with van der Waals surface area (Å²) < 4.78 is 28.1. The standard InChI is InChI=1S/C18H13ClF2N4O/c19-13-7-14(20)15(5-9(13)8-22)24-18(26)25-10-1-2-16(25)11-3-4-23-17(21)12(11)6-10/h3-5,7,10,16H,1-2,6H2,(H,24,26)/t10-,16+/m0/s1. The molecule has 3 heterocycles. The van der Waals surface area contributed by atoms with Crippen molar-refractivity contribution in [1.82, 2.24) is 9.88 Å². The number of rotatable bonds is 1. The summed E-state index contributed by atoms with van der Waals surface area (Å²) in [7, 11) is 0. The summed E-state index contributed by atoms with van der Waals surface area (Å²) in [5, 5.41) is 11.5. The zero-order valence-corrected chi connectivity index (χ0v) is 14.2. The van der Waals surface area contributed by atoms with Crippen LogP contribution in [0, 0.1) is 23.1 Å². The van der Waals surface area contributed by atoms with Crippen LogP contribution in [0.2, 0.25) is 5.02 Å². The number of fused-ring (bicyclic) bond motifs is 4. The van der Waals surface area contributed by atoms with Gasteiger partial charge in [0.1, 0.15) is 11.9 Å². The van der Waals surface area contributed by atoms with Gasteiger partial charge in [0, 0.05) is 17.8 Å². The largest absolute Gasteiger partial charge is 0.322 e. The van der Waals surface area contributed by atoms with E-state index in [9.17, 15) is 13.6 Å². The van der Waals surface area contributed by atoms with Gasteiger partial charge < -0.3 is 10.2 Å². The highest BCUT2D eigenvalue weighted by atomic mass is 35.5. The Bertz CT molecular complexity index is 959. The molecule has 2 aliphatic heterocycles. The Morgan fingerprint density at radius 3 is 2.96 bits per heavy atom. The van der Waals surface area contributed by atoms with E-state index in [1.54, 1.807) is 11.0 Å². The van der Waals surface area contributed by atoms with Crippen LogP contribution < -0.4 is 5.32 Å². The minimum atomic E-state index is -0.720. The molecule has 2 atom stereocenters. The van der Waals surface area contributed by atoms with Gasteiger partial charge in [0.05, 0.1) is 22.3 Å². The number of urea groups is 1. The number of halogens is 3. The summed E-state index contributed by atoms with van der Waals surface area (Å²) in [6, 6.07) is 4.86. The third-order valence-electron chi connectivity index (χ3n) is 4.99. The molecular formula is C18H13ClF2N4O. The second-order valence-corrected chi connectivity index (χ2v) is 6.79. The van der Waals surface area contributed by atoms with Gasteiger partial charge in [0.2, 0.25) is 5.95 Å². The molecule has 2 aromatic rings. The SMILES string of the molecule is N#Cc1cc(NC(=O)N2[C@H]3CC[C@@H]2c2ccnc(F)c2C3)c(F)cc1Cl. The van der Waals surface area contributed by atoms with Crippen molar-refractivity contribution in [3.8, 4) is 6.07 Å². The molecule has 0 radical (unpaired) electrons. The first-order valence-electron chi connectivity index (χ1n) is 8.11. The minimum Gasteiger partial charge on any atom is -0.314 e. The molecule has 26 heavy (non-hydrogen) atoms. The van der Waals surface area contributed by atoms with E-state index < -0.39 is 17.8 Å². The van der Waals surface area contributed by atoms with E-state index >= 15 is 0 Å². The average molecular weight is 375 g/mol. The van der Waals surface area contributed by atoms with Crippen molar-refractivity contribution in [2.75, 3.05) is 5.32 Å². The van der Waals surface area contributed by atoms with Crippen LogP contribution in [0.5, 0.6) is 0 Å². The van der Waals surface area contributed by atoms with Crippen molar-refractivity contribution in [1.29, 1.82) is 5.26 Å². The average Bonchev–Trinajstić information content (AvgIpc) is 2.93. The lowest BCUT2D eigenvalue weighted by atomic mass is 9.95. The number of aromatic nitrogens is 1. The first-order valence-corrected chi connectivity index (χ1v) is 8.49. The molecule has 1 N–H and O–H groups in total. The molecule has 132 valence electrons. The molecule has 0 aliphatic carbocycles. The van der Waals surface area contributed by atoms with Gasteiger partial charge in [-0.2, -0.15) is 9.65 Å². The number of anilines is 1. The van der Waals surface area contributed by atoms with E-state index in [-0.39, 0.29) is 28.4 Å². The Morgan fingerprint density at radius 1 is 1.38 bits per heavy atom. The van der Waals surface area contributed by atoms with Crippen molar-refractivity contribution in [2.24, 2.45) is 0 Å². The normalized spacial score (nSPS) is 20.5. The van der Waals surface area contributed by atoms with Crippen LogP contribution in [0.25, 0.3) is 0 Å². The van der Waals surface area contributed by atoms with E-state index in [1.807, 2.05) is 6.07 Å². The topological polar surface area (TPSA) is 69.0 Å². The summed E-state index contributed by atoms with van der Waals surface area (Å²) in [6.45, 7) is 0. The Hall–Kier alpha value is -2.72. The molecule has 8 heteroatoms. The fraction of sp³-hybridized carbons (Fsp3) is 0.278. The number of amides is 2. The third-order valence-corrected chi connectivity index (χ3v) is 5.31. The Morgan fingerprint density at radius 2 is 2.19 bits per heavy atom. The van der Waals surface area contributed by atoms with Crippen LogP contribution in [0.1, 0.15) is 35.6 Å². The molecule has 1 aromatic carbocycles. The summed E-state index contributed by atoms with van der Waals surface area (Å²) in [4.78, 5) is 18.1. The summed E-state index contributed by atoms with van der Waals surface area (Å²) >= 11 is 5.79. The number of nitrogens with one attached hydrogen (secondary N) is 1. The van der Waals surface area contributed by atoms with Crippen LogP contribution in [-0.4, -0.2) is 22.0 Å². The second-order valence-electron chi connectivity index (χ2n) is 6.38. The summed E-state index contributed by atoms with van der Waals surface area (Å²) in [6.07, 6.45) is 3.21. The van der Waals surface area contributed by atoms with Crippen LogP contribution in [0.3, 0.4) is 0 Å². The van der Waals surface area contributed by atoms with E-state index in [0.29, 0.717) is 18.4 Å². The number of nitrogens with zero attached hydrogens (tertiary/aromatic N) is 3. The zero-order valence-electron chi connectivity index (χ0n) is 13.5. The van der Waals surface area contributed by atoms with Gasteiger partial charge in [-0.1, -0.05) is 11.6 Å². The number of carbonyl (C=O) groups is 1. The fourth-order valence-electron chi connectivity index (χ4n) is 3.84. The Balaban J connectivity index is 1.64. The lowest BCUT2D eigenvalue weighted by Gasteiger charge is -2.36. The van der Waals surface area contributed by atoms with Gasteiger partial charge in [-0.15, -0.1) is 0 Å². The molecule has 2 amide bonds. The first-order chi connectivity index (χ1) is 12.5. The molecule has 2 aliphatic rings. The molecule has 5 nitrogen and oxygen atoms in total. The first kappa shape index (κ1) is 16.7. The number of benzene rings is 1. The highest BCUT2D eigenvalue weighted by molar-refractivity contribution is 6.31. The van der Waals surface area contributed by atoms with Gasteiger partial charge >= 0.3 is 6.03 Å². The maximum atomic E-state index is 14.1. The Labute approximate surface area is 153 Å². The van der Waals surface area contributed by atoms with E-state index in [1.165, 1.54) is 12.3 Å². The van der Waals surface area contributed by atoms with Crippen LogP contribution in [0.15, 0.2) is 24.4 Å². The quantitative estimate of drug-likeness (QED) is 0.761. The van der Waals surface area contributed by atoms with Gasteiger partial charge in [-0.3, -0.25) is 0 Å². The van der Waals surface area contributed by atoms with Crippen molar-refractivity contribution in [3.05, 3.63) is 57.9 Å². The zero-order chi connectivity index (χ0) is 18.4. The third kappa shape index (κ3) is 2.58. The van der Waals surface area contributed by atoms with E-state index in [4.69, 9.17) is 16.9 Å². The minimum absolute atomic E-state index is 0.0158. The molecule has 4 rings (SSSR count). The van der Waals surface area contributed by atoms with Crippen molar-refractivity contribution >= 4 is 23.3 Å². The van der Waals surface area contributed by atoms with Crippen LogP contribution in [-0.2, 0) is 6.42 Å². The lowest BCUT2D eigenvalue weighted by Crippen LogP contribution is -2.44. The Kier molecular flexibility index (Phi) is 4.00. The number of hydrogen-bond acceptors (Lipinski definition) is 3. The monoisotopic (exact) mass is 374 g/mol. The molecule has 1 aromatic heterocycles. The highest BCUT2D eigenvalue weighted by Crippen LogP contribution is 2.44. The number of hydrogen-bond donors (Lipinski definition) is 1. The molecule has 0 saturated carbocycles. The number of pyridine rings is 1. The highest BCUT2D eigenvalue weighted by Gasteiger charge is 2.43. The molecule has 1 saturated heterocycles. The van der Waals surface area contributed by atoms with Gasteiger partial charge in [-0.25, -0.2) is 14.2 Å². The predicted molar refractivity (Wildman–Crippen MR) is 90.6 cm³/mol. The van der Waals surface area contributed by atoms with Crippen molar-refractivity contribution in [2.45, 2.75) is 31.3 Å². The fourth-order valence-corrected chi connectivity index (χ4v) is 4.03. The van der Waals surface area contributed by atoms with E-state index in [0.717, 1.165) is 18.1 Å². The summed E-state index contributed by atoms with van der Waals surface area (Å²) in [5.74, 6) is -1.22. The second kappa shape index (κ2) is 6.22.